The van der Waals surface area contributed by atoms with Crippen LogP contribution in [0.25, 0.3) is 10.1 Å². The average Bonchev–Trinajstić information content (AvgIpc) is 3.05. The van der Waals surface area contributed by atoms with Crippen molar-refractivity contribution in [2.45, 2.75) is 31.0 Å². The van der Waals surface area contributed by atoms with Crippen LogP contribution in [-0.4, -0.2) is 43.9 Å². The summed E-state index contributed by atoms with van der Waals surface area (Å²) < 4.78 is 33.9. The van der Waals surface area contributed by atoms with Crippen LogP contribution < -0.4 is 5.32 Å². The second-order valence-corrected chi connectivity index (χ2v) is 10.7. The van der Waals surface area contributed by atoms with E-state index in [9.17, 15) is 13.2 Å². The van der Waals surface area contributed by atoms with E-state index in [4.69, 9.17) is 16.3 Å². The maximum atomic E-state index is 12.9. The molecule has 9 heteroatoms. The summed E-state index contributed by atoms with van der Waals surface area (Å²) in [5.41, 5.74) is 0.496. The number of carbonyl (C=O) groups excluding carboxylic acids is 1. The number of hydrogen-bond donors (Lipinski definition) is 1. The molecule has 2 atom stereocenters. The lowest BCUT2D eigenvalue weighted by Gasteiger charge is -2.34. The van der Waals surface area contributed by atoms with Gasteiger partial charge in [-0.25, -0.2) is 8.42 Å². The first-order valence-electron chi connectivity index (χ1n) is 9.50. The van der Waals surface area contributed by atoms with Crippen molar-refractivity contribution in [3.8, 4) is 0 Å². The van der Waals surface area contributed by atoms with Gasteiger partial charge in [0.25, 0.3) is 5.91 Å². The molecule has 1 aliphatic rings. The Bertz CT molecular complexity index is 1180. The van der Waals surface area contributed by atoms with E-state index in [1.807, 2.05) is 38.1 Å². The molecule has 1 aromatic heterocycles. The van der Waals surface area contributed by atoms with E-state index in [1.54, 1.807) is 12.1 Å². The Morgan fingerprint density at radius 1 is 1.10 bits per heavy atom. The molecule has 1 saturated heterocycles. The van der Waals surface area contributed by atoms with Crippen LogP contribution >= 0.6 is 22.9 Å². The summed E-state index contributed by atoms with van der Waals surface area (Å²) in [4.78, 5) is 13.3. The lowest BCUT2D eigenvalue weighted by molar-refractivity contribution is -0.0440. The van der Waals surface area contributed by atoms with E-state index in [-0.39, 0.29) is 23.0 Å². The fraction of sp³-hybridized carbons (Fsp3) is 0.286. The number of sulfonamides is 1. The minimum atomic E-state index is -3.63. The van der Waals surface area contributed by atoms with Crippen molar-refractivity contribution in [1.82, 2.24) is 4.31 Å². The summed E-state index contributed by atoms with van der Waals surface area (Å²) in [5.74, 6) is -0.326. The third-order valence-corrected chi connectivity index (χ3v) is 8.40. The molecule has 0 saturated carbocycles. The first kappa shape index (κ1) is 21.3. The van der Waals surface area contributed by atoms with Crippen LogP contribution in [0, 0.1) is 0 Å². The van der Waals surface area contributed by atoms with Crippen molar-refractivity contribution >= 4 is 54.6 Å². The van der Waals surface area contributed by atoms with Crippen LogP contribution in [0.4, 0.5) is 5.69 Å². The Labute approximate surface area is 184 Å². The lowest BCUT2D eigenvalue weighted by Crippen LogP contribution is -2.48. The molecular formula is C21H21ClN2O4S2. The van der Waals surface area contributed by atoms with E-state index < -0.39 is 10.0 Å². The van der Waals surface area contributed by atoms with Crippen molar-refractivity contribution in [2.75, 3.05) is 18.4 Å². The number of carbonyl (C=O) groups is 1. The number of morpholine rings is 1. The summed E-state index contributed by atoms with van der Waals surface area (Å²) in [5, 5.41) is 4.05. The number of ether oxygens (including phenoxy) is 1. The van der Waals surface area contributed by atoms with Crippen LogP contribution in [0.2, 0.25) is 5.02 Å². The highest BCUT2D eigenvalue weighted by Crippen LogP contribution is 2.35. The van der Waals surface area contributed by atoms with Gasteiger partial charge in [0, 0.05) is 28.9 Å². The quantitative estimate of drug-likeness (QED) is 0.612. The molecule has 1 amide bonds. The van der Waals surface area contributed by atoms with Gasteiger partial charge in [-0.15, -0.1) is 11.3 Å². The zero-order valence-electron chi connectivity index (χ0n) is 16.5. The second-order valence-electron chi connectivity index (χ2n) is 7.30. The third-order valence-electron chi connectivity index (χ3n) is 4.88. The summed E-state index contributed by atoms with van der Waals surface area (Å²) in [6.07, 6.45) is -0.318. The number of benzene rings is 2. The zero-order chi connectivity index (χ0) is 21.5. The summed E-state index contributed by atoms with van der Waals surface area (Å²) in [6.45, 7) is 4.34. The second kappa shape index (κ2) is 8.28. The summed E-state index contributed by atoms with van der Waals surface area (Å²) in [7, 11) is -3.63. The number of hydrogen-bond acceptors (Lipinski definition) is 5. The summed E-state index contributed by atoms with van der Waals surface area (Å²) in [6, 6.07) is 13.7. The summed E-state index contributed by atoms with van der Waals surface area (Å²) >= 11 is 7.69. The molecule has 1 N–H and O–H groups in total. The van der Waals surface area contributed by atoms with Crippen molar-refractivity contribution in [3.05, 3.63) is 58.4 Å². The van der Waals surface area contributed by atoms with Gasteiger partial charge in [-0.2, -0.15) is 4.31 Å². The molecule has 0 radical (unpaired) electrons. The van der Waals surface area contributed by atoms with Gasteiger partial charge >= 0.3 is 0 Å². The number of amides is 1. The minimum absolute atomic E-state index is 0.159. The van der Waals surface area contributed by atoms with Crippen LogP contribution in [0.15, 0.2) is 53.4 Å². The fourth-order valence-electron chi connectivity index (χ4n) is 3.53. The molecule has 0 bridgehead atoms. The topological polar surface area (TPSA) is 75.7 Å². The molecule has 0 unspecified atom stereocenters. The molecule has 6 nitrogen and oxygen atoms in total. The highest BCUT2D eigenvalue weighted by atomic mass is 35.5. The first-order chi connectivity index (χ1) is 14.3. The Hall–Kier alpha value is -1.97. The van der Waals surface area contributed by atoms with Gasteiger partial charge in [-0.1, -0.05) is 29.8 Å². The van der Waals surface area contributed by atoms with Crippen molar-refractivity contribution in [1.29, 1.82) is 0 Å². The number of nitrogens with one attached hydrogen (secondary N) is 1. The van der Waals surface area contributed by atoms with Gasteiger partial charge in [-0.05, 0) is 44.2 Å². The van der Waals surface area contributed by atoms with Gasteiger partial charge in [0.05, 0.1) is 22.1 Å². The van der Waals surface area contributed by atoms with E-state index in [1.165, 1.54) is 27.8 Å². The van der Waals surface area contributed by atoms with Gasteiger partial charge in [0.1, 0.15) is 4.88 Å². The van der Waals surface area contributed by atoms with Gasteiger partial charge in [-0.3, -0.25) is 4.79 Å². The fourth-order valence-corrected chi connectivity index (χ4v) is 6.54. The van der Waals surface area contributed by atoms with Gasteiger partial charge < -0.3 is 10.1 Å². The van der Waals surface area contributed by atoms with Crippen LogP contribution in [0.1, 0.15) is 23.5 Å². The van der Waals surface area contributed by atoms with Gasteiger partial charge in [0.2, 0.25) is 10.0 Å². The number of thiophene rings is 1. The van der Waals surface area contributed by atoms with E-state index in [0.29, 0.717) is 28.7 Å². The van der Waals surface area contributed by atoms with Gasteiger partial charge in [0.15, 0.2) is 0 Å². The molecule has 3 aromatic rings. The normalized spacial score (nSPS) is 20.4. The molecule has 1 fully saturated rings. The lowest BCUT2D eigenvalue weighted by atomic mass is 10.2. The van der Waals surface area contributed by atoms with Crippen LogP contribution in [0.3, 0.4) is 0 Å². The average molecular weight is 465 g/mol. The molecule has 2 heterocycles. The SMILES string of the molecule is C[C@@H]1CN(S(=O)(=O)c2ccc(NC(=O)c3sc4ccccc4c3Cl)cc2)C[C@H](C)O1. The highest BCUT2D eigenvalue weighted by molar-refractivity contribution is 7.89. The first-order valence-corrected chi connectivity index (χ1v) is 12.1. The standard InChI is InChI=1S/C21H21ClN2O4S2/c1-13-11-24(12-14(2)28-13)30(26,27)16-9-7-15(8-10-16)23-21(25)20-19(22)17-5-3-4-6-18(17)29-20/h3-10,13-14H,11-12H2,1-2H3,(H,23,25)/t13-,14+. The van der Waals surface area contributed by atoms with E-state index in [2.05, 4.69) is 5.32 Å². The van der Waals surface area contributed by atoms with Crippen molar-refractivity contribution < 1.29 is 17.9 Å². The van der Waals surface area contributed by atoms with E-state index in [0.717, 1.165) is 10.1 Å². The molecule has 0 spiro atoms. The number of halogens is 1. The van der Waals surface area contributed by atoms with E-state index >= 15 is 0 Å². The predicted octanol–water partition coefficient (Wildman–Crippen LogP) is 4.60. The number of nitrogens with zero attached hydrogens (tertiary/aromatic N) is 1. The molecule has 4 rings (SSSR count). The minimum Gasteiger partial charge on any atom is -0.373 e. The Kier molecular flexibility index (Phi) is 5.87. The zero-order valence-corrected chi connectivity index (χ0v) is 18.9. The number of fused-ring (bicyclic) bond motifs is 1. The van der Waals surface area contributed by atoms with Crippen LogP contribution in [-0.2, 0) is 14.8 Å². The molecule has 158 valence electrons. The maximum absolute atomic E-state index is 12.9. The van der Waals surface area contributed by atoms with Crippen LogP contribution in [0.5, 0.6) is 0 Å². The molecule has 30 heavy (non-hydrogen) atoms. The number of anilines is 1. The Balaban J connectivity index is 1.52. The third kappa shape index (κ3) is 4.10. The highest BCUT2D eigenvalue weighted by Gasteiger charge is 2.32. The van der Waals surface area contributed by atoms with Crippen molar-refractivity contribution in [3.63, 3.8) is 0 Å². The Morgan fingerprint density at radius 2 is 1.73 bits per heavy atom. The smallest absolute Gasteiger partial charge is 0.267 e. The predicted molar refractivity (Wildman–Crippen MR) is 120 cm³/mol. The monoisotopic (exact) mass is 464 g/mol. The number of rotatable bonds is 4. The van der Waals surface area contributed by atoms with Crippen molar-refractivity contribution in [2.24, 2.45) is 0 Å². The Morgan fingerprint density at radius 3 is 2.37 bits per heavy atom. The maximum Gasteiger partial charge on any atom is 0.267 e. The molecule has 2 aromatic carbocycles. The molecular weight excluding hydrogens is 444 g/mol. The largest absolute Gasteiger partial charge is 0.373 e. The molecule has 0 aliphatic carbocycles. The molecule has 1 aliphatic heterocycles.